The fourth-order valence-corrected chi connectivity index (χ4v) is 2.75. The second kappa shape index (κ2) is 4.49. The molecule has 0 fully saturated rings. The Balaban J connectivity index is 2.18. The average molecular weight is 335 g/mol. The maximum atomic E-state index is 12.6. The molecule has 0 bridgehead atoms. The maximum absolute atomic E-state index is 12.6. The van der Waals surface area contributed by atoms with Crippen LogP contribution in [0.1, 0.15) is 27.4 Å². The standard InChI is InChI=1S/C14H11BrN2O3/c1-6-3-8(7(2)20-6)13(18)9-4-11-12(5-10(9)15)17-14(19)16-11/h3-5H,1-2H3,(H2,16,17,19). The largest absolute Gasteiger partial charge is 0.466 e. The zero-order valence-electron chi connectivity index (χ0n) is 10.8. The highest BCUT2D eigenvalue weighted by Gasteiger charge is 2.19. The third-order valence-electron chi connectivity index (χ3n) is 3.13. The normalized spacial score (nSPS) is 11.2. The number of hydrogen-bond donors (Lipinski definition) is 2. The van der Waals surface area contributed by atoms with Crippen molar-refractivity contribution in [3.8, 4) is 0 Å². The Bertz CT molecular complexity index is 886. The number of carbonyl (C=O) groups excluding carboxylic acids is 1. The lowest BCUT2D eigenvalue weighted by Crippen LogP contribution is -2.02. The topological polar surface area (TPSA) is 78.9 Å². The van der Waals surface area contributed by atoms with Crippen LogP contribution in [0.4, 0.5) is 0 Å². The summed E-state index contributed by atoms with van der Waals surface area (Å²) in [6.45, 7) is 3.55. The van der Waals surface area contributed by atoms with E-state index in [9.17, 15) is 9.59 Å². The van der Waals surface area contributed by atoms with Crippen LogP contribution in [0, 0.1) is 13.8 Å². The molecule has 3 rings (SSSR count). The number of fused-ring (bicyclic) bond motifs is 1. The Morgan fingerprint density at radius 3 is 2.35 bits per heavy atom. The number of benzene rings is 1. The van der Waals surface area contributed by atoms with Gasteiger partial charge in [0.1, 0.15) is 11.5 Å². The quantitative estimate of drug-likeness (QED) is 0.707. The van der Waals surface area contributed by atoms with Crippen molar-refractivity contribution in [1.29, 1.82) is 0 Å². The lowest BCUT2D eigenvalue weighted by atomic mass is 10.0. The first-order chi connectivity index (χ1) is 9.45. The number of ketones is 1. The Labute approximate surface area is 122 Å². The lowest BCUT2D eigenvalue weighted by Gasteiger charge is -2.03. The monoisotopic (exact) mass is 334 g/mol. The molecular formula is C14H11BrN2O3. The van der Waals surface area contributed by atoms with Gasteiger partial charge in [0.05, 0.1) is 16.6 Å². The molecular weight excluding hydrogens is 324 g/mol. The van der Waals surface area contributed by atoms with Gasteiger partial charge in [-0.2, -0.15) is 0 Å². The highest BCUT2D eigenvalue weighted by molar-refractivity contribution is 9.10. The van der Waals surface area contributed by atoms with Crippen molar-refractivity contribution in [2.75, 3.05) is 0 Å². The number of furan rings is 1. The van der Waals surface area contributed by atoms with E-state index < -0.39 is 0 Å². The van der Waals surface area contributed by atoms with Gasteiger partial charge in [-0.3, -0.25) is 4.79 Å². The number of aryl methyl sites for hydroxylation is 2. The fourth-order valence-electron chi connectivity index (χ4n) is 2.23. The minimum atomic E-state index is -0.299. The summed E-state index contributed by atoms with van der Waals surface area (Å²) in [4.78, 5) is 29.1. The van der Waals surface area contributed by atoms with Gasteiger partial charge < -0.3 is 14.4 Å². The summed E-state index contributed by atoms with van der Waals surface area (Å²) in [5.41, 5.74) is 1.96. The van der Waals surface area contributed by atoms with E-state index in [2.05, 4.69) is 25.9 Å². The molecule has 2 heterocycles. The number of hydrogen-bond acceptors (Lipinski definition) is 3. The fraction of sp³-hybridized carbons (Fsp3) is 0.143. The molecule has 0 saturated carbocycles. The first kappa shape index (κ1) is 12.9. The number of halogens is 1. The van der Waals surface area contributed by atoms with Crippen LogP contribution in [-0.4, -0.2) is 15.8 Å². The molecule has 2 N–H and O–H groups in total. The van der Waals surface area contributed by atoms with Crippen molar-refractivity contribution in [1.82, 2.24) is 9.97 Å². The molecule has 20 heavy (non-hydrogen) atoms. The number of aromatic nitrogens is 2. The zero-order chi connectivity index (χ0) is 14.4. The average Bonchev–Trinajstić information content (AvgIpc) is 2.88. The SMILES string of the molecule is Cc1cc(C(=O)c2cc3[nH]c(=O)[nH]c3cc2Br)c(C)o1. The van der Waals surface area contributed by atoms with E-state index >= 15 is 0 Å². The van der Waals surface area contributed by atoms with E-state index in [1.165, 1.54) is 0 Å². The van der Waals surface area contributed by atoms with Crippen LogP contribution >= 0.6 is 15.9 Å². The number of nitrogens with one attached hydrogen (secondary N) is 2. The number of H-pyrrole nitrogens is 2. The van der Waals surface area contributed by atoms with Crippen LogP contribution in [0.5, 0.6) is 0 Å². The molecule has 3 aromatic rings. The zero-order valence-corrected chi connectivity index (χ0v) is 12.4. The van der Waals surface area contributed by atoms with Crippen molar-refractivity contribution in [3.05, 3.63) is 55.8 Å². The Kier molecular flexibility index (Phi) is 2.90. The van der Waals surface area contributed by atoms with Crippen LogP contribution in [0.25, 0.3) is 11.0 Å². The molecule has 102 valence electrons. The smallest absolute Gasteiger partial charge is 0.323 e. The number of carbonyl (C=O) groups is 1. The summed E-state index contributed by atoms with van der Waals surface area (Å²) in [5, 5.41) is 0. The van der Waals surface area contributed by atoms with Crippen molar-refractivity contribution < 1.29 is 9.21 Å². The lowest BCUT2D eigenvalue weighted by molar-refractivity contribution is 0.103. The molecule has 0 spiro atoms. The third-order valence-corrected chi connectivity index (χ3v) is 3.79. The van der Waals surface area contributed by atoms with Crippen molar-refractivity contribution in [2.45, 2.75) is 13.8 Å². The predicted octanol–water partition coefficient (Wildman–Crippen LogP) is 3.06. The molecule has 0 unspecified atom stereocenters. The van der Waals surface area contributed by atoms with Crippen LogP contribution < -0.4 is 5.69 Å². The van der Waals surface area contributed by atoms with Gasteiger partial charge in [-0.25, -0.2) is 4.79 Å². The molecule has 0 atom stereocenters. The van der Waals surface area contributed by atoms with Gasteiger partial charge in [-0.05, 0) is 48.0 Å². The third kappa shape index (κ3) is 2.02. The Morgan fingerprint density at radius 1 is 1.10 bits per heavy atom. The second-order valence-corrected chi connectivity index (χ2v) is 5.47. The van der Waals surface area contributed by atoms with Crippen LogP contribution in [0.3, 0.4) is 0 Å². The summed E-state index contributed by atoms with van der Waals surface area (Å²) in [7, 11) is 0. The predicted molar refractivity (Wildman–Crippen MR) is 78.2 cm³/mol. The van der Waals surface area contributed by atoms with E-state index in [1.807, 2.05) is 0 Å². The van der Waals surface area contributed by atoms with E-state index in [-0.39, 0.29) is 11.5 Å². The molecule has 6 heteroatoms. The van der Waals surface area contributed by atoms with Crippen LogP contribution in [0.2, 0.25) is 0 Å². The maximum Gasteiger partial charge on any atom is 0.323 e. The van der Waals surface area contributed by atoms with Gasteiger partial charge >= 0.3 is 5.69 Å². The highest BCUT2D eigenvalue weighted by Crippen LogP contribution is 2.26. The van der Waals surface area contributed by atoms with Crippen LogP contribution in [-0.2, 0) is 0 Å². The number of imidazole rings is 1. The number of rotatable bonds is 2. The number of aromatic amines is 2. The van der Waals surface area contributed by atoms with Gasteiger partial charge in [-0.15, -0.1) is 0 Å². The molecule has 0 saturated heterocycles. The molecule has 0 aliphatic rings. The molecule has 0 radical (unpaired) electrons. The van der Waals surface area contributed by atoms with Crippen molar-refractivity contribution >= 4 is 32.7 Å². The summed E-state index contributed by atoms with van der Waals surface area (Å²) in [5.74, 6) is 1.13. The molecule has 5 nitrogen and oxygen atoms in total. The minimum absolute atomic E-state index is 0.143. The van der Waals surface area contributed by atoms with Gasteiger partial charge in [-0.1, -0.05) is 0 Å². The van der Waals surface area contributed by atoms with Gasteiger partial charge in [0.25, 0.3) is 0 Å². The Morgan fingerprint density at radius 2 is 1.75 bits per heavy atom. The van der Waals surface area contributed by atoms with E-state index in [0.717, 1.165) is 0 Å². The highest BCUT2D eigenvalue weighted by atomic mass is 79.9. The molecule has 0 aliphatic carbocycles. The molecule has 0 aliphatic heterocycles. The molecule has 1 aromatic carbocycles. The summed E-state index contributed by atoms with van der Waals surface area (Å²) in [6.07, 6.45) is 0. The summed E-state index contributed by atoms with van der Waals surface area (Å²) in [6, 6.07) is 5.08. The van der Waals surface area contributed by atoms with E-state index in [1.54, 1.807) is 32.0 Å². The second-order valence-electron chi connectivity index (χ2n) is 4.61. The first-order valence-electron chi connectivity index (χ1n) is 5.99. The van der Waals surface area contributed by atoms with Crippen molar-refractivity contribution in [2.24, 2.45) is 0 Å². The van der Waals surface area contributed by atoms with Gasteiger partial charge in [0.15, 0.2) is 5.78 Å². The van der Waals surface area contributed by atoms with Gasteiger partial charge in [0.2, 0.25) is 0 Å². The Hall–Kier alpha value is -2.08. The summed E-state index contributed by atoms with van der Waals surface area (Å²) < 4.78 is 6.02. The molecule has 0 amide bonds. The van der Waals surface area contributed by atoms with Gasteiger partial charge in [0, 0.05) is 10.0 Å². The summed E-state index contributed by atoms with van der Waals surface area (Å²) >= 11 is 3.37. The van der Waals surface area contributed by atoms with E-state index in [4.69, 9.17) is 4.42 Å². The first-order valence-corrected chi connectivity index (χ1v) is 6.78. The van der Waals surface area contributed by atoms with E-state index in [0.29, 0.717) is 38.2 Å². The minimum Gasteiger partial charge on any atom is -0.466 e. The van der Waals surface area contributed by atoms with Crippen molar-refractivity contribution in [3.63, 3.8) is 0 Å². The molecule has 2 aromatic heterocycles. The van der Waals surface area contributed by atoms with Crippen LogP contribution in [0.15, 0.2) is 31.9 Å².